The fourth-order valence-electron chi connectivity index (χ4n) is 3.33. The second-order valence-electron chi connectivity index (χ2n) is 6.57. The fraction of sp³-hybridized carbons (Fsp3) is 0.867. The molecular weight excluding hydrogens is 272 g/mol. The third-order valence-electron chi connectivity index (χ3n) is 4.53. The SMILES string of the molecule is CC1CCC(C(C)C)C(NC(=O)CN2CSCC2=O)C1. The molecule has 2 amide bonds. The summed E-state index contributed by atoms with van der Waals surface area (Å²) in [5.74, 6) is 3.10. The number of hydrogen-bond acceptors (Lipinski definition) is 3. The van der Waals surface area contributed by atoms with Crippen molar-refractivity contribution >= 4 is 23.6 Å². The number of nitrogens with zero attached hydrogens (tertiary/aromatic N) is 1. The summed E-state index contributed by atoms with van der Waals surface area (Å²) in [6, 6.07) is 0.275. The Kier molecular flexibility index (Phi) is 5.35. The minimum Gasteiger partial charge on any atom is -0.352 e. The van der Waals surface area contributed by atoms with Crippen molar-refractivity contribution in [3.05, 3.63) is 0 Å². The second-order valence-corrected chi connectivity index (χ2v) is 7.52. The van der Waals surface area contributed by atoms with Crippen molar-refractivity contribution in [3.8, 4) is 0 Å². The lowest BCUT2D eigenvalue weighted by molar-refractivity contribution is -0.133. The molecule has 1 aliphatic heterocycles. The third-order valence-corrected chi connectivity index (χ3v) is 5.47. The Labute approximate surface area is 126 Å². The van der Waals surface area contributed by atoms with Gasteiger partial charge in [-0.05, 0) is 30.6 Å². The highest BCUT2D eigenvalue weighted by atomic mass is 32.2. The van der Waals surface area contributed by atoms with E-state index in [0.29, 0.717) is 29.4 Å². The van der Waals surface area contributed by atoms with Gasteiger partial charge in [-0.25, -0.2) is 0 Å². The monoisotopic (exact) mass is 298 g/mol. The smallest absolute Gasteiger partial charge is 0.239 e. The van der Waals surface area contributed by atoms with Crippen LogP contribution >= 0.6 is 11.8 Å². The minimum absolute atomic E-state index is 0.00519. The molecule has 0 aromatic rings. The molecule has 0 bridgehead atoms. The third kappa shape index (κ3) is 3.90. The van der Waals surface area contributed by atoms with Crippen LogP contribution in [0.5, 0.6) is 0 Å². The zero-order valence-electron chi connectivity index (χ0n) is 12.7. The van der Waals surface area contributed by atoms with Gasteiger partial charge in [0.2, 0.25) is 11.8 Å². The summed E-state index contributed by atoms with van der Waals surface area (Å²) in [6.45, 7) is 6.96. The van der Waals surface area contributed by atoms with Gasteiger partial charge in [-0.15, -0.1) is 11.8 Å². The number of amides is 2. The zero-order valence-corrected chi connectivity index (χ0v) is 13.5. The number of hydrogen-bond donors (Lipinski definition) is 1. The Morgan fingerprint density at radius 2 is 2.20 bits per heavy atom. The molecule has 114 valence electrons. The summed E-state index contributed by atoms with van der Waals surface area (Å²) >= 11 is 1.58. The standard InChI is InChI=1S/C15H26N2O2S/c1-10(2)12-5-4-11(3)6-13(12)16-14(18)7-17-9-20-8-15(17)19/h10-13H,4-9H2,1-3H3,(H,16,18). The number of thioether (sulfide) groups is 1. The van der Waals surface area contributed by atoms with E-state index in [1.807, 2.05) is 0 Å². The van der Waals surface area contributed by atoms with E-state index in [0.717, 1.165) is 6.42 Å². The molecule has 1 saturated carbocycles. The minimum atomic E-state index is 0.00519. The van der Waals surface area contributed by atoms with Crippen molar-refractivity contribution in [2.24, 2.45) is 17.8 Å². The lowest BCUT2D eigenvalue weighted by Crippen LogP contribution is -2.48. The van der Waals surface area contributed by atoms with E-state index in [-0.39, 0.29) is 24.4 Å². The number of rotatable bonds is 4. The molecule has 1 saturated heterocycles. The maximum Gasteiger partial charge on any atom is 0.239 e. The van der Waals surface area contributed by atoms with E-state index < -0.39 is 0 Å². The maximum atomic E-state index is 12.2. The van der Waals surface area contributed by atoms with Crippen LogP contribution in [0.1, 0.15) is 40.0 Å². The summed E-state index contributed by atoms with van der Waals surface area (Å²) < 4.78 is 0. The highest BCUT2D eigenvalue weighted by Gasteiger charge is 2.32. The average molecular weight is 298 g/mol. The van der Waals surface area contributed by atoms with Gasteiger partial charge in [0.25, 0.3) is 0 Å². The summed E-state index contributed by atoms with van der Waals surface area (Å²) in [5.41, 5.74) is 0. The van der Waals surface area contributed by atoms with Gasteiger partial charge in [0.1, 0.15) is 6.54 Å². The maximum absolute atomic E-state index is 12.2. The van der Waals surface area contributed by atoms with E-state index in [2.05, 4.69) is 26.1 Å². The first kappa shape index (κ1) is 15.7. The van der Waals surface area contributed by atoms with E-state index in [1.54, 1.807) is 16.7 Å². The van der Waals surface area contributed by atoms with Crippen LogP contribution in [0.2, 0.25) is 0 Å². The molecule has 4 nitrogen and oxygen atoms in total. The largest absolute Gasteiger partial charge is 0.352 e. The molecule has 3 atom stereocenters. The first-order valence-corrected chi connectivity index (χ1v) is 8.77. The van der Waals surface area contributed by atoms with Crippen LogP contribution in [0, 0.1) is 17.8 Å². The topological polar surface area (TPSA) is 49.4 Å². The van der Waals surface area contributed by atoms with Crippen molar-refractivity contribution in [2.45, 2.75) is 46.1 Å². The molecule has 1 N–H and O–H groups in total. The normalized spacial score (nSPS) is 30.9. The lowest BCUT2D eigenvalue weighted by atomic mass is 9.74. The van der Waals surface area contributed by atoms with Crippen molar-refractivity contribution in [1.29, 1.82) is 0 Å². The zero-order chi connectivity index (χ0) is 14.7. The molecule has 0 aromatic heterocycles. The Morgan fingerprint density at radius 1 is 1.45 bits per heavy atom. The first-order valence-electron chi connectivity index (χ1n) is 7.62. The predicted octanol–water partition coefficient (Wildman–Crippen LogP) is 2.10. The lowest BCUT2D eigenvalue weighted by Gasteiger charge is -2.38. The Bertz CT molecular complexity index is 373. The summed E-state index contributed by atoms with van der Waals surface area (Å²) in [5, 5.41) is 3.19. The van der Waals surface area contributed by atoms with Crippen molar-refractivity contribution < 1.29 is 9.59 Å². The molecule has 2 aliphatic rings. The molecule has 0 aromatic carbocycles. The Hall–Kier alpha value is -0.710. The van der Waals surface area contributed by atoms with Gasteiger partial charge in [-0.2, -0.15) is 0 Å². The Balaban J connectivity index is 1.88. The van der Waals surface area contributed by atoms with Gasteiger partial charge < -0.3 is 10.2 Å². The summed E-state index contributed by atoms with van der Waals surface area (Å²) in [6.07, 6.45) is 3.52. The fourth-order valence-corrected chi connectivity index (χ4v) is 4.24. The molecule has 3 unspecified atom stereocenters. The van der Waals surface area contributed by atoms with Crippen molar-refractivity contribution in [1.82, 2.24) is 10.2 Å². The molecule has 1 heterocycles. The highest BCUT2D eigenvalue weighted by Crippen LogP contribution is 2.33. The second kappa shape index (κ2) is 6.83. The van der Waals surface area contributed by atoms with E-state index >= 15 is 0 Å². The van der Waals surface area contributed by atoms with E-state index in [9.17, 15) is 9.59 Å². The van der Waals surface area contributed by atoms with Gasteiger partial charge in [-0.1, -0.05) is 27.2 Å². The van der Waals surface area contributed by atoms with Crippen molar-refractivity contribution in [2.75, 3.05) is 18.2 Å². The molecule has 5 heteroatoms. The van der Waals surface area contributed by atoms with Gasteiger partial charge in [-0.3, -0.25) is 9.59 Å². The van der Waals surface area contributed by atoms with Crippen molar-refractivity contribution in [3.63, 3.8) is 0 Å². The number of carbonyl (C=O) groups is 2. The van der Waals surface area contributed by atoms with Crippen LogP contribution in [-0.4, -0.2) is 40.9 Å². The number of carbonyl (C=O) groups excluding carboxylic acids is 2. The van der Waals surface area contributed by atoms with Crippen LogP contribution in [0.4, 0.5) is 0 Å². The molecule has 2 fully saturated rings. The van der Waals surface area contributed by atoms with E-state index in [4.69, 9.17) is 0 Å². The van der Waals surface area contributed by atoms with Crippen LogP contribution < -0.4 is 5.32 Å². The summed E-state index contributed by atoms with van der Waals surface area (Å²) in [7, 11) is 0. The van der Waals surface area contributed by atoms with Crippen LogP contribution in [0.15, 0.2) is 0 Å². The molecule has 2 rings (SSSR count). The quantitative estimate of drug-likeness (QED) is 0.864. The van der Waals surface area contributed by atoms with Gasteiger partial charge in [0.05, 0.1) is 11.6 Å². The van der Waals surface area contributed by atoms with E-state index in [1.165, 1.54) is 12.8 Å². The highest BCUT2D eigenvalue weighted by molar-refractivity contribution is 8.00. The van der Waals surface area contributed by atoms with Gasteiger partial charge in [0, 0.05) is 6.04 Å². The number of nitrogens with one attached hydrogen (secondary N) is 1. The van der Waals surface area contributed by atoms with Crippen LogP contribution in [0.3, 0.4) is 0 Å². The van der Waals surface area contributed by atoms with Gasteiger partial charge >= 0.3 is 0 Å². The average Bonchev–Trinajstić information content (AvgIpc) is 2.74. The summed E-state index contributed by atoms with van der Waals surface area (Å²) in [4.78, 5) is 25.4. The molecule has 0 spiro atoms. The predicted molar refractivity (Wildman–Crippen MR) is 82.3 cm³/mol. The first-order chi connectivity index (χ1) is 9.47. The van der Waals surface area contributed by atoms with Crippen LogP contribution in [0.25, 0.3) is 0 Å². The van der Waals surface area contributed by atoms with Gasteiger partial charge in [0.15, 0.2) is 0 Å². The molecule has 20 heavy (non-hydrogen) atoms. The Morgan fingerprint density at radius 3 is 2.80 bits per heavy atom. The molecule has 1 aliphatic carbocycles. The molecule has 0 radical (unpaired) electrons. The van der Waals surface area contributed by atoms with Crippen LogP contribution in [-0.2, 0) is 9.59 Å². The molecular formula is C15H26N2O2S.